The Balaban J connectivity index is 1.87. The van der Waals surface area contributed by atoms with E-state index >= 15 is 0 Å². The Kier molecular flexibility index (Phi) is 3.53. The first-order chi connectivity index (χ1) is 11.2. The summed E-state index contributed by atoms with van der Waals surface area (Å²) in [6.07, 6.45) is 2.67. The maximum Gasteiger partial charge on any atom is -0.0140 e. The Morgan fingerprint density at radius 3 is 2.09 bits per heavy atom. The van der Waals surface area contributed by atoms with Gasteiger partial charge in [-0.1, -0.05) is 66.2 Å². The fraction of sp³-hybridized carbons (Fsp3) is 0.217. The van der Waals surface area contributed by atoms with Crippen molar-refractivity contribution in [2.75, 3.05) is 0 Å². The van der Waals surface area contributed by atoms with Crippen molar-refractivity contribution in [3.63, 3.8) is 0 Å². The van der Waals surface area contributed by atoms with Gasteiger partial charge in [0.2, 0.25) is 0 Å². The van der Waals surface area contributed by atoms with E-state index < -0.39 is 0 Å². The third-order valence-electron chi connectivity index (χ3n) is 4.89. The zero-order chi connectivity index (χ0) is 15.8. The number of hydrogen-bond donors (Lipinski definition) is 0. The minimum Gasteiger partial charge on any atom is -0.0620 e. The first-order valence-electron chi connectivity index (χ1n) is 8.49. The maximum absolute atomic E-state index is 2.39. The molecule has 4 rings (SSSR count). The van der Waals surface area contributed by atoms with Crippen molar-refractivity contribution in [3.8, 4) is 22.3 Å². The Morgan fingerprint density at radius 1 is 0.696 bits per heavy atom. The lowest BCUT2D eigenvalue weighted by Crippen LogP contribution is -1.91. The Hall–Kier alpha value is -2.34. The molecule has 0 spiro atoms. The minimum atomic E-state index is 0.761. The predicted molar refractivity (Wildman–Crippen MR) is 98.8 cm³/mol. The molecule has 23 heavy (non-hydrogen) atoms. The molecule has 1 saturated carbocycles. The van der Waals surface area contributed by atoms with E-state index in [0.29, 0.717) is 0 Å². The molecule has 0 amide bonds. The molecule has 0 aliphatic heterocycles. The lowest BCUT2D eigenvalue weighted by molar-refractivity contribution is 1.13. The van der Waals surface area contributed by atoms with E-state index in [-0.39, 0.29) is 0 Å². The van der Waals surface area contributed by atoms with E-state index in [2.05, 4.69) is 80.6 Å². The largest absolute Gasteiger partial charge is 0.0620 e. The Bertz CT molecular complexity index is 836. The van der Waals surface area contributed by atoms with Gasteiger partial charge in [-0.15, -0.1) is 0 Å². The molecule has 0 unspecified atom stereocenters. The molecular weight excluding hydrogens is 276 g/mol. The van der Waals surface area contributed by atoms with Gasteiger partial charge in [0.05, 0.1) is 0 Å². The molecule has 1 aliphatic carbocycles. The lowest BCUT2D eigenvalue weighted by atomic mass is 9.90. The van der Waals surface area contributed by atoms with Crippen molar-refractivity contribution in [3.05, 3.63) is 83.4 Å². The molecule has 0 bridgehead atoms. The summed E-state index contributed by atoms with van der Waals surface area (Å²) in [5.41, 5.74) is 9.60. The highest BCUT2D eigenvalue weighted by molar-refractivity contribution is 5.78. The highest BCUT2D eigenvalue weighted by atomic mass is 14.3. The molecule has 0 N–H and O–H groups in total. The van der Waals surface area contributed by atoms with Gasteiger partial charge in [0.1, 0.15) is 0 Å². The van der Waals surface area contributed by atoms with Gasteiger partial charge in [-0.25, -0.2) is 0 Å². The van der Waals surface area contributed by atoms with Crippen molar-refractivity contribution < 1.29 is 0 Å². The van der Waals surface area contributed by atoms with Crippen LogP contribution in [0.5, 0.6) is 0 Å². The van der Waals surface area contributed by atoms with Gasteiger partial charge in [0.15, 0.2) is 0 Å². The average molecular weight is 298 g/mol. The summed E-state index contributed by atoms with van der Waals surface area (Å²) < 4.78 is 0. The molecule has 1 aliphatic rings. The summed E-state index contributed by atoms with van der Waals surface area (Å²) in [7, 11) is 0. The van der Waals surface area contributed by atoms with Gasteiger partial charge in [-0.3, -0.25) is 0 Å². The van der Waals surface area contributed by atoms with E-state index in [1.165, 1.54) is 51.8 Å². The van der Waals surface area contributed by atoms with Crippen molar-refractivity contribution in [2.45, 2.75) is 32.6 Å². The number of benzene rings is 3. The maximum atomic E-state index is 2.39. The van der Waals surface area contributed by atoms with Crippen LogP contribution in [-0.4, -0.2) is 0 Å². The number of rotatable bonds is 3. The minimum absolute atomic E-state index is 0.761. The molecule has 0 aromatic heterocycles. The number of hydrogen-bond acceptors (Lipinski definition) is 0. The molecule has 1 fully saturated rings. The molecule has 0 nitrogen and oxygen atoms in total. The molecule has 0 atom stereocenters. The van der Waals surface area contributed by atoms with Crippen molar-refractivity contribution >= 4 is 0 Å². The zero-order valence-electron chi connectivity index (χ0n) is 13.8. The summed E-state index contributed by atoms with van der Waals surface area (Å²) in [5.74, 6) is 0.761. The highest BCUT2D eigenvalue weighted by Crippen LogP contribution is 2.46. The standard InChI is InChI=1S/C23H22/c1-16-7-9-18(10-8-16)20-13-14-22(19-11-12-19)23(15-20)21-6-4-3-5-17(21)2/h3-10,13-15,19H,11-12H2,1-2H3. The second-order valence-electron chi connectivity index (χ2n) is 6.76. The second-order valence-corrected chi connectivity index (χ2v) is 6.76. The summed E-state index contributed by atoms with van der Waals surface area (Å²) in [6.45, 7) is 4.35. The number of aryl methyl sites for hydroxylation is 2. The summed E-state index contributed by atoms with van der Waals surface area (Å²) >= 11 is 0. The van der Waals surface area contributed by atoms with Gasteiger partial charge in [0, 0.05) is 0 Å². The first kappa shape index (κ1) is 14.3. The summed E-state index contributed by atoms with van der Waals surface area (Å²) in [5, 5.41) is 0. The monoisotopic (exact) mass is 298 g/mol. The first-order valence-corrected chi connectivity index (χ1v) is 8.49. The van der Waals surface area contributed by atoms with Gasteiger partial charge < -0.3 is 0 Å². The third-order valence-corrected chi connectivity index (χ3v) is 4.89. The third kappa shape index (κ3) is 2.82. The van der Waals surface area contributed by atoms with Crippen LogP contribution in [-0.2, 0) is 0 Å². The quantitative estimate of drug-likeness (QED) is 0.516. The smallest absolute Gasteiger partial charge is 0.0140 e. The topological polar surface area (TPSA) is 0 Å². The molecular formula is C23H22. The fourth-order valence-electron chi connectivity index (χ4n) is 3.34. The summed E-state index contributed by atoms with van der Waals surface area (Å²) in [4.78, 5) is 0. The van der Waals surface area contributed by atoms with Crippen LogP contribution in [0.3, 0.4) is 0 Å². The SMILES string of the molecule is Cc1ccc(-c2ccc(C3CC3)c(-c3ccccc3C)c2)cc1. The Morgan fingerprint density at radius 2 is 1.39 bits per heavy atom. The average Bonchev–Trinajstić information content (AvgIpc) is 3.40. The molecule has 0 heteroatoms. The van der Waals surface area contributed by atoms with Crippen LogP contribution in [0.25, 0.3) is 22.3 Å². The van der Waals surface area contributed by atoms with Crippen LogP contribution in [0.1, 0.15) is 35.4 Å². The normalized spacial score (nSPS) is 14.0. The van der Waals surface area contributed by atoms with Gasteiger partial charge in [-0.2, -0.15) is 0 Å². The van der Waals surface area contributed by atoms with Crippen LogP contribution < -0.4 is 0 Å². The molecule has 0 radical (unpaired) electrons. The van der Waals surface area contributed by atoms with Crippen LogP contribution in [0, 0.1) is 13.8 Å². The van der Waals surface area contributed by atoms with Crippen LogP contribution >= 0.6 is 0 Å². The molecule has 3 aromatic carbocycles. The van der Waals surface area contributed by atoms with E-state index in [0.717, 1.165) is 5.92 Å². The molecule has 0 saturated heterocycles. The lowest BCUT2D eigenvalue weighted by Gasteiger charge is -2.14. The van der Waals surface area contributed by atoms with Crippen LogP contribution in [0.4, 0.5) is 0 Å². The molecule has 114 valence electrons. The van der Waals surface area contributed by atoms with E-state index in [4.69, 9.17) is 0 Å². The van der Waals surface area contributed by atoms with E-state index in [9.17, 15) is 0 Å². The van der Waals surface area contributed by atoms with E-state index in [1.807, 2.05) is 0 Å². The van der Waals surface area contributed by atoms with Crippen molar-refractivity contribution in [1.82, 2.24) is 0 Å². The van der Waals surface area contributed by atoms with E-state index in [1.54, 1.807) is 0 Å². The highest BCUT2D eigenvalue weighted by Gasteiger charge is 2.26. The summed E-state index contributed by atoms with van der Waals surface area (Å²) in [6, 6.07) is 24.6. The van der Waals surface area contributed by atoms with Crippen LogP contribution in [0.15, 0.2) is 66.7 Å². The van der Waals surface area contributed by atoms with Crippen LogP contribution in [0.2, 0.25) is 0 Å². The second kappa shape index (κ2) is 5.70. The van der Waals surface area contributed by atoms with Gasteiger partial charge in [0.25, 0.3) is 0 Å². The Labute approximate surface area is 138 Å². The van der Waals surface area contributed by atoms with Gasteiger partial charge in [-0.05, 0) is 72.1 Å². The molecule has 3 aromatic rings. The zero-order valence-corrected chi connectivity index (χ0v) is 13.8. The molecule has 0 heterocycles. The fourth-order valence-corrected chi connectivity index (χ4v) is 3.34. The predicted octanol–water partition coefficient (Wildman–Crippen LogP) is 6.51. The van der Waals surface area contributed by atoms with Crippen molar-refractivity contribution in [1.29, 1.82) is 0 Å². The van der Waals surface area contributed by atoms with Crippen molar-refractivity contribution in [2.24, 2.45) is 0 Å². The van der Waals surface area contributed by atoms with Gasteiger partial charge >= 0.3 is 0 Å².